The lowest BCUT2D eigenvalue weighted by Crippen LogP contribution is -2.24. The first kappa shape index (κ1) is 13.0. The standard InChI is InChI=1S/C14H14FN3O/c1-9-2-3-10(7-17-9)8-18-14(19)12-5-4-11(16)6-13(12)15/h2-7H,8,16H2,1H3,(H,18,19). The fourth-order valence-electron chi connectivity index (χ4n) is 1.60. The lowest BCUT2D eigenvalue weighted by atomic mass is 10.1. The van der Waals surface area contributed by atoms with Crippen LogP contribution >= 0.6 is 0 Å². The van der Waals surface area contributed by atoms with Gasteiger partial charge in [-0.15, -0.1) is 0 Å². The van der Waals surface area contributed by atoms with Crippen LogP contribution in [0.3, 0.4) is 0 Å². The normalized spacial score (nSPS) is 10.2. The van der Waals surface area contributed by atoms with Gasteiger partial charge in [-0.2, -0.15) is 0 Å². The minimum Gasteiger partial charge on any atom is -0.399 e. The number of carbonyl (C=O) groups is 1. The largest absolute Gasteiger partial charge is 0.399 e. The Bertz CT molecular complexity index is 596. The van der Waals surface area contributed by atoms with Crippen LogP contribution in [-0.2, 0) is 6.54 Å². The summed E-state index contributed by atoms with van der Waals surface area (Å²) in [5.74, 6) is -1.10. The van der Waals surface area contributed by atoms with E-state index in [1.165, 1.54) is 12.1 Å². The zero-order chi connectivity index (χ0) is 13.8. The van der Waals surface area contributed by atoms with Crippen molar-refractivity contribution in [2.45, 2.75) is 13.5 Å². The van der Waals surface area contributed by atoms with E-state index < -0.39 is 11.7 Å². The molecule has 2 aromatic rings. The monoisotopic (exact) mass is 259 g/mol. The van der Waals surface area contributed by atoms with Crippen molar-refractivity contribution in [3.63, 3.8) is 0 Å². The molecule has 0 radical (unpaired) electrons. The number of nitrogens with one attached hydrogen (secondary N) is 1. The second-order valence-corrected chi connectivity index (χ2v) is 4.23. The minimum atomic E-state index is -0.625. The lowest BCUT2D eigenvalue weighted by Gasteiger charge is -2.06. The first-order chi connectivity index (χ1) is 9.06. The van der Waals surface area contributed by atoms with Gasteiger partial charge >= 0.3 is 0 Å². The average Bonchev–Trinajstić information content (AvgIpc) is 2.37. The summed E-state index contributed by atoms with van der Waals surface area (Å²) in [6, 6.07) is 7.70. The highest BCUT2D eigenvalue weighted by Gasteiger charge is 2.11. The Hall–Kier alpha value is -2.43. The molecule has 19 heavy (non-hydrogen) atoms. The van der Waals surface area contributed by atoms with E-state index in [4.69, 9.17) is 5.73 Å². The molecule has 0 atom stereocenters. The lowest BCUT2D eigenvalue weighted by molar-refractivity contribution is 0.0947. The molecule has 0 saturated carbocycles. The molecular weight excluding hydrogens is 245 g/mol. The Kier molecular flexibility index (Phi) is 3.75. The molecule has 1 aromatic carbocycles. The summed E-state index contributed by atoms with van der Waals surface area (Å²) in [4.78, 5) is 15.9. The highest BCUT2D eigenvalue weighted by Crippen LogP contribution is 2.11. The topological polar surface area (TPSA) is 68.0 Å². The Morgan fingerprint density at radius 2 is 2.16 bits per heavy atom. The molecule has 1 amide bonds. The highest BCUT2D eigenvalue weighted by molar-refractivity contribution is 5.94. The molecule has 4 nitrogen and oxygen atoms in total. The molecular formula is C14H14FN3O. The number of benzene rings is 1. The molecule has 0 aliphatic rings. The van der Waals surface area contributed by atoms with Crippen molar-refractivity contribution in [3.8, 4) is 0 Å². The average molecular weight is 259 g/mol. The summed E-state index contributed by atoms with van der Waals surface area (Å²) in [6.45, 7) is 2.18. The van der Waals surface area contributed by atoms with Crippen LogP contribution < -0.4 is 11.1 Å². The Balaban J connectivity index is 2.03. The van der Waals surface area contributed by atoms with E-state index in [9.17, 15) is 9.18 Å². The van der Waals surface area contributed by atoms with Crippen LogP contribution in [0.4, 0.5) is 10.1 Å². The van der Waals surface area contributed by atoms with Crippen molar-refractivity contribution < 1.29 is 9.18 Å². The van der Waals surface area contributed by atoms with Gasteiger partial charge < -0.3 is 11.1 Å². The van der Waals surface area contributed by atoms with Crippen LogP contribution in [0.15, 0.2) is 36.5 Å². The van der Waals surface area contributed by atoms with Crippen molar-refractivity contribution in [3.05, 3.63) is 59.2 Å². The van der Waals surface area contributed by atoms with Gasteiger partial charge in [-0.05, 0) is 36.8 Å². The van der Waals surface area contributed by atoms with E-state index in [1.807, 2.05) is 19.1 Å². The van der Waals surface area contributed by atoms with Crippen molar-refractivity contribution in [1.29, 1.82) is 0 Å². The molecule has 5 heteroatoms. The maximum Gasteiger partial charge on any atom is 0.254 e. The van der Waals surface area contributed by atoms with Crippen molar-refractivity contribution in [2.75, 3.05) is 5.73 Å². The number of hydrogen-bond donors (Lipinski definition) is 2. The molecule has 0 aliphatic heterocycles. The molecule has 2 rings (SSSR count). The molecule has 98 valence electrons. The molecule has 0 aliphatic carbocycles. The third kappa shape index (κ3) is 3.28. The summed E-state index contributed by atoms with van der Waals surface area (Å²) < 4.78 is 13.5. The maximum absolute atomic E-state index is 13.5. The second-order valence-electron chi connectivity index (χ2n) is 4.23. The minimum absolute atomic E-state index is 0.0192. The van der Waals surface area contributed by atoms with E-state index in [1.54, 1.807) is 6.20 Å². The molecule has 1 heterocycles. The summed E-state index contributed by atoms with van der Waals surface area (Å²) in [7, 11) is 0. The van der Waals surface area contributed by atoms with E-state index >= 15 is 0 Å². The number of nitrogens with two attached hydrogens (primary N) is 1. The number of hydrogen-bond acceptors (Lipinski definition) is 3. The quantitative estimate of drug-likeness (QED) is 0.829. The Labute approximate surface area is 110 Å². The molecule has 0 spiro atoms. The number of pyridine rings is 1. The van der Waals surface area contributed by atoms with E-state index in [0.717, 1.165) is 17.3 Å². The van der Waals surface area contributed by atoms with E-state index in [0.29, 0.717) is 6.54 Å². The van der Waals surface area contributed by atoms with Crippen LogP contribution in [0.2, 0.25) is 0 Å². The van der Waals surface area contributed by atoms with Gasteiger partial charge in [0.1, 0.15) is 5.82 Å². The van der Waals surface area contributed by atoms with Gasteiger partial charge in [-0.25, -0.2) is 4.39 Å². The molecule has 3 N–H and O–H groups in total. The zero-order valence-electron chi connectivity index (χ0n) is 10.5. The first-order valence-corrected chi connectivity index (χ1v) is 5.81. The predicted octanol–water partition coefficient (Wildman–Crippen LogP) is 2.04. The third-order valence-electron chi connectivity index (χ3n) is 2.66. The van der Waals surface area contributed by atoms with Gasteiger partial charge in [0, 0.05) is 24.1 Å². The zero-order valence-corrected chi connectivity index (χ0v) is 10.5. The number of rotatable bonds is 3. The Morgan fingerprint density at radius 3 is 2.79 bits per heavy atom. The van der Waals surface area contributed by atoms with Crippen LogP contribution in [0.5, 0.6) is 0 Å². The molecule has 0 fully saturated rings. The smallest absolute Gasteiger partial charge is 0.254 e. The second kappa shape index (κ2) is 5.48. The van der Waals surface area contributed by atoms with Crippen molar-refractivity contribution in [2.24, 2.45) is 0 Å². The fraction of sp³-hybridized carbons (Fsp3) is 0.143. The van der Waals surface area contributed by atoms with Gasteiger partial charge in [-0.3, -0.25) is 9.78 Å². The number of nitrogen functional groups attached to an aromatic ring is 1. The van der Waals surface area contributed by atoms with Crippen LogP contribution in [-0.4, -0.2) is 10.9 Å². The van der Waals surface area contributed by atoms with Crippen molar-refractivity contribution in [1.82, 2.24) is 10.3 Å². The van der Waals surface area contributed by atoms with Gasteiger partial charge in [0.25, 0.3) is 5.91 Å². The summed E-state index contributed by atoms with van der Waals surface area (Å²) in [5, 5.41) is 2.64. The number of halogens is 1. The number of nitrogens with zero attached hydrogens (tertiary/aromatic N) is 1. The van der Waals surface area contributed by atoms with Crippen molar-refractivity contribution >= 4 is 11.6 Å². The molecule has 0 bridgehead atoms. The highest BCUT2D eigenvalue weighted by atomic mass is 19.1. The number of aryl methyl sites for hydroxylation is 1. The molecule has 1 aromatic heterocycles. The Morgan fingerprint density at radius 1 is 1.37 bits per heavy atom. The van der Waals surface area contributed by atoms with Gasteiger partial charge in [-0.1, -0.05) is 6.07 Å². The summed E-state index contributed by atoms with van der Waals surface area (Å²) >= 11 is 0. The SMILES string of the molecule is Cc1ccc(CNC(=O)c2ccc(N)cc2F)cn1. The van der Waals surface area contributed by atoms with E-state index in [2.05, 4.69) is 10.3 Å². The fourth-order valence-corrected chi connectivity index (χ4v) is 1.60. The number of anilines is 1. The predicted molar refractivity (Wildman–Crippen MR) is 71.0 cm³/mol. The van der Waals surface area contributed by atoms with Gasteiger partial charge in [0.15, 0.2) is 0 Å². The van der Waals surface area contributed by atoms with Crippen LogP contribution in [0, 0.1) is 12.7 Å². The van der Waals surface area contributed by atoms with Crippen LogP contribution in [0.25, 0.3) is 0 Å². The first-order valence-electron chi connectivity index (χ1n) is 5.81. The number of amides is 1. The maximum atomic E-state index is 13.5. The third-order valence-corrected chi connectivity index (χ3v) is 2.66. The number of aromatic nitrogens is 1. The van der Waals surface area contributed by atoms with Gasteiger partial charge in [0.05, 0.1) is 5.56 Å². The van der Waals surface area contributed by atoms with Crippen LogP contribution in [0.1, 0.15) is 21.6 Å². The van der Waals surface area contributed by atoms with Gasteiger partial charge in [0.2, 0.25) is 0 Å². The summed E-state index contributed by atoms with van der Waals surface area (Å²) in [6.07, 6.45) is 1.68. The molecule has 0 unspecified atom stereocenters. The van der Waals surface area contributed by atoms with E-state index in [-0.39, 0.29) is 11.3 Å². The number of carbonyl (C=O) groups excluding carboxylic acids is 1. The molecule has 0 saturated heterocycles. The summed E-state index contributed by atoms with van der Waals surface area (Å²) in [5.41, 5.74) is 7.46.